The van der Waals surface area contributed by atoms with Crippen molar-refractivity contribution in [3.05, 3.63) is 63.8 Å². The summed E-state index contributed by atoms with van der Waals surface area (Å²) in [5.74, 6) is 0.357. The summed E-state index contributed by atoms with van der Waals surface area (Å²) >= 11 is 6.59. The van der Waals surface area contributed by atoms with Gasteiger partial charge in [-0.15, -0.1) is 0 Å². The van der Waals surface area contributed by atoms with Gasteiger partial charge in [0.15, 0.2) is 5.82 Å². The number of piperidine rings is 2. The Morgan fingerprint density at radius 2 is 1.78 bits per heavy atom. The van der Waals surface area contributed by atoms with E-state index in [0.717, 1.165) is 52.8 Å². The summed E-state index contributed by atoms with van der Waals surface area (Å²) in [6.45, 7) is 5.48. The highest BCUT2D eigenvalue weighted by Crippen LogP contribution is 2.42. The van der Waals surface area contributed by atoms with Gasteiger partial charge in [-0.2, -0.15) is 10.1 Å². The summed E-state index contributed by atoms with van der Waals surface area (Å²) < 4.78 is 5.21. The highest BCUT2D eigenvalue weighted by atomic mass is 35.5. The number of nitrogens with zero attached hydrogens (tertiary/aromatic N) is 7. The third-order valence-corrected chi connectivity index (χ3v) is 11.1. The molecule has 3 aliphatic rings. The lowest BCUT2D eigenvalue weighted by Gasteiger charge is -2.41. The third-order valence-electron chi connectivity index (χ3n) is 10.8. The lowest BCUT2D eigenvalue weighted by molar-refractivity contribution is -0.134. The number of imide groups is 1. The summed E-state index contributed by atoms with van der Waals surface area (Å²) in [7, 11) is 3.64. The van der Waals surface area contributed by atoms with Crippen molar-refractivity contribution < 1.29 is 14.7 Å². The smallest absolute Gasteiger partial charge is 0.329 e. The highest BCUT2D eigenvalue weighted by molar-refractivity contribution is 6.33. The number of carbonyl (C=O) groups is 2. The maximum absolute atomic E-state index is 13.1. The molecule has 2 aliphatic heterocycles. The lowest BCUT2D eigenvalue weighted by Crippen LogP contribution is -2.46. The van der Waals surface area contributed by atoms with Crippen LogP contribution in [0.3, 0.4) is 0 Å². The molecule has 2 aromatic carbocycles. The van der Waals surface area contributed by atoms with Gasteiger partial charge in [0.25, 0.3) is 0 Å². The van der Waals surface area contributed by atoms with Crippen LogP contribution in [0.15, 0.2) is 47.4 Å². The Labute approximate surface area is 298 Å². The summed E-state index contributed by atoms with van der Waals surface area (Å²) in [6, 6.07) is 12.0. The van der Waals surface area contributed by atoms with Crippen molar-refractivity contribution in [2.45, 2.75) is 69.6 Å². The first kappa shape index (κ1) is 33.2. The molecule has 51 heavy (non-hydrogen) atoms. The highest BCUT2D eigenvalue weighted by Gasteiger charge is 2.41. The fraction of sp³-hybridized carbons (Fsp3) is 0.444. The first-order valence-electron chi connectivity index (χ1n) is 17.4. The van der Waals surface area contributed by atoms with E-state index < -0.39 is 11.5 Å². The van der Waals surface area contributed by atoms with Crippen molar-refractivity contribution in [1.29, 1.82) is 0 Å². The number of aryl methyl sites for hydroxylation is 2. The minimum atomic E-state index is -0.756. The Morgan fingerprint density at radius 1 is 1.02 bits per heavy atom. The van der Waals surface area contributed by atoms with Crippen LogP contribution in [0.5, 0.6) is 0 Å². The van der Waals surface area contributed by atoms with Crippen LogP contribution in [0.2, 0.25) is 5.02 Å². The van der Waals surface area contributed by atoms with Gasteiger partial charge in [0.2, 0.25) is 17.8 Å². The summed E-state index contributed by atoms with van der Waals surface area (Å²) in [5, 5.41) is 25.8. The molecule has 0 bridgehead atoms. The largest absolute Gasteiger partial charge is 0.390 e. The molecule has 8 rings (SSSR count). The number of imidazole rings is 1. The number of hydrogen-bond donors (Lipinski definition) is 4. The average molecular weight is 713 g/mol. The van der Waals surface area contributed by atoms with Crippen molar-refractivity contribution in [3.8, 4) is 0 Å². The summed E-state index contributed by atoms with van der Waals surface area (Å²) in [6.07, 6.45) is 4.30. The van der Waals surface area contributed by atoms with Crippen molar-refractivity contribution in [2.75, 3.05) is 28.6 Å². The minimum Gasteiger partial charge on any atom is -0.390 e. The van der Waals surface area contributed by atoms with E-state index in [-0.39, 0.29) is 35.5 Å². The zero-order chi connectivity index (χ0) is 35.8. The Morgan fingerprint density at radius 3 is 2.53 bits per heavy atom. The van der Waals surface area contributed by atoms with Gasteiger partial charge in [-0.05, 0) is 74.9 Å². The second-order valence-corrected chi connectivity index (χ2v) is 15.1. The summed E-state index contributed by atoms with van der Waals surface area (Å²) in [4.78, 5) is 48.9. The predicted molar refractivity (Wildman–Crippen MR) is 196 cm³/mol. The Hall–Kier alpha value is -4.95. The van der Waals surface area contributed by atoms with E-state index >= 15 is 0 Å². The molecule has 3 fully saturated rings. The third kappa shape index (κ3) is 5.99. The van der Waals surface area contributed by atoms with Crippen molar-refractivity contribution >= 4 is 68.5 Å². The first-order chi connectivity index (χ1) is 24.3. The van der Waals surface area contributed by atoms with E-state index in [0.29, 0.717) is 48.2 Å². The number of carbonyl (C=O) groups excluding carboxylic acids is 2. The van der Waals surface area contributed by atoms with E-state index in [9.17, 15) is 19.5 Å². The SMILES string of the molecule is C[C@@H]1CN(c2ncc(Cl)c(Nc3ccc4c(c3)n(C3CC(C)(O)C3)c(=O)n4C)n2)CC[C@H]1Nc1ccc2c(C3CCC(=O)NC3=O)nn(C)c2c1. The molecule has 1 saturated carbocycles. The van der Waals surface area contributed by atoms with Crippen LogP contribution in [0.25, 0.3) is 21.9 Å². The number of anilines is 4. The number of hydrogen-bond acceptors (Lipinski definition) is 10. The predicted octanol–water partition coefficient (Wildman–Crippen LogP) is 4.35. The zero-order valence-corrected chi connectivity index (χ0v) is 29.7. The Balaban J connectivity index is 0.958. The minimum absolute atomic E-state index is 0.0593. The van der Waals surface area contributed by atoms with Crippen LogP contribution in [0.1, 0.15) is 63.6 Å². The molecule has 3 aromatic heterocycles. The van der Waals surface area contributed by atoms with Crippen LogP contribution in [0, 0.1) is 5.92 Å². The van der Waals surface area contributed by atoms with Crippen LogP contribution < -0.4 is 26.5 Å². The molecular formula is C36H41ClN10O4. The molecule has 1 aliphatic carbocycles. The summed E-state index contributed by atoms with van der Waals surface area (Å²) in [5.41, 5.74) is 4.09. The number of aromatic nitrogens is 6. The molecule has 14 nitrogen and oxygen atoms in total. The second-order valence-electron chi connectivity index (χ2n) is 14.7. The zero-order valence-electron chi connectivity index (χ0n) is 29.0. The Bertz CT molecular complexity index is 2270. The number of halogens is 1. The standard InChI is InChI=1S/C36H41ClN10O4/c1-19-18-46(12-11-26(19)39-20-5-7-23-28(13-20)45(4)43-31(23)24-8-10-30(48)41-33(24)49)34-38-17-25(37)32(42-34)40-21-6-9-27-29(14-21)47(35(50)44(27)3)22-15-36(2,51)16-22/h5-7,9,13-14,17,19,22,24,26,39,51H,8,10-12,15-16,18H2,1-4H3,(H,38,40,42)(H,41,48,49)/t19-,22?,24?,26-,36?/m1/s1. The van der Waals surface area contributed by atoms with E-state index in [4.69, 9.17) is 16.6 Å². The fourth-order valence-electron chi connectivity index (χ4n) is 8.01. The van der Waals surface area contributed by atoms with Crippen molar-refractivity contribution in [3.63, 3.8) is 0 Å². The van der Waals surface area contributed by atoms with Crippen molar-refractivity contribution in [2.24, 2.45) is 20.0 Å². The van der Waals surface area contributed by atoms with E-state index in [1.807, 2.05) is 37.4 Å². The molecule has 0 radical (unpaired) electrons. The molecule has 3 atom stereocenters. The van der Waals surface area contributed by atoms with Crippen molar-refractivity contribution in [1.82, 2.24) is 34.2 Å². The van der Waals surface area contributed by atoms with Gasteiger partial charge >= 0.3 is 5.69 Å². The maximum Gasteiger partial charge on any atom is 0.329 e. The van der Waals surface area contributed by atoms with E-state index in [2.05, 4.69) is 43.9 Å². The Kier molecular flexibility index (Phi) is 8.06. The molecule has 266 valence electrons. The van der Waals surface area contributed by atoms with Gasteiger partial charge in [0.05, 0.1) is 40.0 Å². The monoisotopic (exact) mass is 712 g/mol. The van der Waals surface area contributed by atoms with Crippen LogP contribution in [-0.4, -0.2) is 70.5 Å². The normalized spacial score (nSPS) is 25.3. The van der Waals surface area contributed by atoms with Gasteiger partial charge in [-0.1, -0.05) is 18.5 Å². The van der Waals surface area contributed by atoms with Gasteiger partial charge in [0, 0.05) is 62.5 Å². The maximum atomic E-state index is 13.1. The van der Waals surface area contributed by atoms with Crippen LogP contribution in [-0.2, 0) is 23.7 Å². The number of fused-ring (bicyclic) bond motifs is 2. The molecule has 4 N–H and O–H groups in total. The lowest BCUT2D eigenvalue weighted by atomic mass is 9.77. The van der Waals surface area contributed by atoms with Gasteiger partial charge in [0.1, 0.15) is 5.02 Å². The van der Waals surface area contributed by atoms with Gasteiger partial charge in [-0.25, -0.2) is 9.78 Å². The van der Waals surface area contributed by atoms with Gasteiger partial charge < -0.3 is 20.6 Å². The molecule has 15 heteroatoms. The molecule has 2 saturated heterocycles. The number of amides is 2. The number of rotatable bonds is 7. The van der Waals surface area contributed by atoms with E-state index in [1.54, 1.807) is 34.0 Å². The molecule has 0 spiro atoms. The quantitative estimate of drug-likeness (QED) is 0.179. The molecule has 5 heterocycles. The second kappa shape index (κ2) is 12.4. The molecule has 1 unspecified atom stereocenters. The number of aliphatic hydroxyl groups is 1. The molecular weight excluding hydrogens is 672 g/mol. The first-order valence-corrected chi connectivity index (χ1v) is 17.8. The number of nitrogens with one attached hydrogen (secondary N) is 3. The van der Waals surface area contributed by atoms with Gasteiger partial charge in [-0.3, -0.25) is 28.7 Å². The van der Waals surface area contributed by atoms with E-state index in [1.165, 1.54) is 0 Å². The molecule has 2 amide bonds. The average Bonchev–Trinajstić information content (AvgIpc) is 3.53. The van der Waals surface area contributed by atoms with Crippen LogP contribution >= 0.6 is 11.6 Å². The topological polar surface area (TPSA) is 164 Å². The molecule has 5 aromatic rings. The number of benzene rings is 2. The fourth-order valence-corrected chi connectivity index (χ4v) is 8.15. The van der Waals surface area contributed by atoms with Crippen LogP contribution in [0.4, 0.5) is 23.1 Å².